The van der Waals surface area contributed by atoms with Crippen molar-refractivity contribution in [2.24, 2.45) is 5.73 Å². The number of likely N-dealkylation sites (tertiary alicyclic amines) is 1. The van der Waals surface area contributed by atoms with Crippen molar-refractivity contribution in [3.63, 3.8) is 0 Å². The van der Waals surface area contributed by atoms with Crippen LogP contribution in [0.1, 0.15) is 37.7 Å². The number of benzene rings is 1. The average Bonchev–Trinajstić information content (AvgIpc) is 3.08. The smallest absolute Gasteiger partial charge is 0.286 e. The number of amides is 2. The lowest BCUT2D eigenvalue weighted by Gasteiger charge is -2.35. The first-order valence-corrected chi connectivity index (χ1v) is 8.69. The zero-order chi connectivity index (χ0) is 19.2. The maximum atomic E-state index is 14.0. The monoisotopic (exact) mass is 381 g/mol. The highest BCUT2D eigenvalue weighted by Crippen LogP contribution is 2.34. The van der Waals surface area contributed by atoms with Gasteiger partial charge in [0.05, 0.1) is 6.04 Å². The Balaban J connectivity index is 1.97. The molecule has 0 bridgehead atoms. The maximum Gasteiger partial charge on any atom is 0.286 e. The van der Waals surface area contributed by atoms with Gasteiger partial charge in [0.25, 0.3) is 5.91 Å². The van der Waals surface area contributed by atoms with Gasteiger partial charge in [-0.25, -0.2) is 4.39 Å². The molecule has 1 aromatic carbocycles. The summed E-state index contributed by atoms with van der Waals surface area (Å²) >= 11 is 6.02. The van der Waals surface area contributed by atoms with Gasteiger partial charge in [0.2, 0.25) is 11.7 Å². The molecule has 0 saturated carbocycles. The summed E-state index contributed by atoms with van der Waals surface area (Å²) in [6, 6.07) is 4.12. The standard InChI is InChI=1S/C18H21ClFN3O3/c1-18(2,3)23-8-10(20)7-12(23)17(25)22-14-11-6-9(19)4-5-13(11)26-15(14)16(21)24/h4-6,10,12H,7-8H2,1-3H3,(H2,21,24)(H,22,25)/t10-,12+/m1/s1. The number of carbonyl (C=O) groups is 2. The van der Waals surface area contributed by atoms with Crippen molar-refractivity contribution in [2.75, 3.05) is 11.9 Å². The number of nitrogens with two attached hydrogens (primary N) is 1. The number of anilines is 1. The third-order valence-electron chi connectivity index (χ3n) is 4.54. The quantitative estimate of drug-likeness (QED) is 0.853. The van der Waals surface area contributed by atoms with E-state index in [9.17, 15) is 14.0 Å². The second-order valence-corrected chi connectivity index (χ2v) is 7.91. The van der Waals surface area contributed by atoms with E-state index in [1.165, 1.54) is 0 Å². The van der Waals surface area contributed by atoms with Crippen molar-refractivity contribution in [1.29, 1.82) is 0 Å². The van der Waals surface area contributed by atoms with Gasteiger partial charge in [-0.2, -0.15) is 0 Å². The van der Waals surface area contributed by atoms with Gasteiger partial charge in [-0.05, 0) is 39.0 Å². The highest BCUT2D eigenvalue weighted by molar-refractivity contribution is 6.31. The molecular weight excluding hydrogens is 361 g/mol. The number of fused-ring (bicyclic) bond motifs is 1. The molecule has 0 spiro atoms. The Labute approximate surface area is 155 Å². The molecule has 2 amide bonds. The van der Waals surface area contributed by atoms with E-state index in [2.05, 4.69) is 5.32 Å². The Hall–Kier alpha value is -2.12. The van der Waals surface area contributed by atoms with E-state index in [-0.39, 0.29) is 30.0 Å². The third kappa shape index (κ3) is 3.41. The lowest BCUT2D eigenvalue weighted by molar-refractivity contribution is -0.121. The van der Waals surface area contributed by atoms with E-state index < -0.39 is 24.0 Å². The second kappa shape index (κ2) is 6.55. The number of alkyl halides is 1. The topological polar surface area (TPSA) is 88.6 Å². The van der Waals surface area contributed by atoms with E-state index in [1.807, 2.05) is 25.7 Å². The van der Waals surface area contributed by atoms with Gasteiger partial charge in [0.15, 0.2) is 0 Å². The fourth-order valence-corrected chi connectivity index (χ4v) is 3.52. The predicted molar refractivity (Wildman–Crippen MR) is 98.1 cm³/mol. The highest BCUT2D eigenvalue weighted by Gasteiger charge is 2.42. The normalized spacial score (nSPS) is 21.3. The van der Waals surface area contributed by atoms with Gasteiger partial charge in [-0.1, -0.05) is 11.6 Å². The zero-order valence-corrected chi connectivity index (χ0v) is 15.6. The molecule has 1 saturated heterocycles. The third-order valence-corrected chi connectivity index (χ3v) is 4.77. The van der Waals surface area contributed by atoms with Gasteiger partial charge in [-0.3, -0.25) is 14.5 Å². The summed E-state index contributed by atoms with van der Waals surface area (Å²) in [6.07, 6.45) is -0.998. The lowest BCUT2D eigenvalue weighted by atomic mass is 10.0. The minimum Gasteiger partial charge on any atom is -0.449 e. The Kier molecular flexibility index (Phi) is 4.71. The van der Waals surface area contributed by atoms with Crippen LogP contribution < -0.4 is 11.1 Å². The van der Waals surface area contributed by atoms with Crippen LogP contribution >= 0.6 is 11.6 Å². The van der Waals surface area contributed by atoms with Crippen molar-refractivity contribution >= 4 is 40.1 Å². The van der Waals surface area contributed by atoms with Crippen LogP contribution in [0.25, 0.3) is 11.0 Å². The summed E-state index contributed by atoms with van der Waals surface area (Å²) in [4.78, 5) is 26.4. The molecule has 1 aliphatic heterocycles. The molecule has 3 N–H and O–H groups in total. The van der Waals surface area contributed by atoms with Crippen LogP contribution in [0.15, 0.2) is 22.6 Å². The number of halogens is 2. The molecule has 6 nitrogen and oxygen atoms in total. The molecule has 2 aromatic rings. The highest BCUT2D eigenvalue weighted by atomic mass is 35.5. The maximum absolute atomic E-state index is 14.0. The van der Waals surface area contributed by atoms with E-state index in [4.69, 9.17) is 21.8 Å². The van der Waals surface area contributed by atoms with Crippen LogP contribution in [-0.4, -0.2) is 41.0 Å². The first-order valence-electron chi connectivity index (χ1n) is 8.31. The second-order valence-electron chi connectivity index (χ2n) is 7.47. The first-order chi connectivity index (χ1) is 12.1. The molecule has 0 unspecified atom stereocenters. The van der Waals surface area contributed by atoms with Crippen molar-refractivity contribution in [1.82, 2.24) is 4.90 Å². The summed E-state index contributed by atoms with van der Waals surface area (Å²) in [6.45, 7) is 5.95. The van der Waals surface area contributed by atoms with Crippen molar-refractivity contribution in [3.8, 4) is 0 Å². The summed E-state index contributed by atoms with van der Waals surface area (Å²) in [5.74, 6) is -1.38. The number of carbonyl (C=O) groups excluding carboxylic acids is 2. The fourth-order valence-electron chi connectivity index (χ4n) is 3.35. The molecule has 0 radical (unpaired) electrons. The molecule has 2 heterocycles. The van der Waals surface area contributed by atoms with E-state index in [1.54, 1.807) is 18.2 Å². The number of furan rings is 1. The average molecular weight is 382 g/mol. The van der Waals surface area contributed by atoms with Gasteiger partial charge >= 0.3 is 0 Å². The first kappa shape index (κ1) is 18.7. The molecule has 26 heavy (non-hydrogen) atoms. The van der Waals surface area contributed by atoms with Crippen LogP contribution in [0.2, 0.25) is 5.02 Å². The fraction of sp³-hybridized carbons (Fsp3) is 0.444. The van der Waals surface area contributed by atoms with Crippen LogP contribution in [0, 0.1) is 0 Å². The minimum atomic E-state index is -1.09. The van der Waals surface area contributed by atoms with E-state index >= 15 is 0 Å². The number of nitrogens with one attached hydrogen (secondary N) is 1. The molecule has 8 heteroatoms. The molecule has 0 aliphatic carbocycles. The molecule has 1 fully saturated rings. The number of nitrogens with zero attached hydrogens (tertiary/aromatic N) is 1. The van der Waals surface area contributed by atoms with Crippen LogP contribution in [-0.2, 0) is 4.79 Å². The molecular formula is C18H21ClFN3O3. The van der Waals surface area contributed by atoms with Gasteiger partial charge < -0.3 is 15.5 Å². The Bertz CT molecular complexity index is 874. The zero-order valence-electron chi connectivity index (χ0n) is 14.8. The van der Waals surface area contributed by atoms with Crippen LogP contribution in [0.4, 0.5) is 10.1 Å². The summed E-state index contributed by atoms with van der Waals surface area (Å²) in [7, 11) is 0. The van der Waals surface area contributed by atoms with Crippen LogP contribution in [0.5, 0.6) is 0 Å². The van der Waals surface area contributed by atoms with Gasteiger partial charge in [-0.15, -0.1) is 0 Å². The molecule has 2 atom stereocenters. The Morgan fingerprint density at radius 1 is 1.38 bits per heavy atom. The number of hydrogen-bond acceptors (Lipinski definition) is 4. The van der Waals surface area contributed by atoms with Crippen molar-refractivity contribution in [2.45, 2.75) is 44.9 Å². The van der Waals surface area contributed by atoms with E-state index in [0.717, 1.165) is 0 Å². The number of rotatable bonds is 3. The minimum absolute atomic E-state index is 0.0888. The van der Waals surface area contributed by atoms with Crippen LogP contribution in [0.3, 0.4) is 0 Å². The van der Waals surface area contributed by atoms with E-state index in [0.29, 0.717) is 16.0 Å². The Morgan fingerprint density at radius 2 is 2.08 bits per heavy atom. The largest absolute Gasteiger partial charge is 0.449 e. The SMILES string of the molecule is CC(C)(C)N1C[C@H](F)C[C@H]1C(=O)Nc1c(C(N)=O)oc2ccc(Cl)cc12. The van der Waals surface area contributed by atoms with Crippen molar-refractivity contribution in [3.05, 3.63) is 29.0 Å². The lowest BCUT2D eigenvalue weighted by Crippen LogP contribution is -2.49. The summed E-state index contributed by atoms with van der Waals surface area (Å²) < 4.78 is 19.4. The van der Waals surface area contributed by atoms with Crippen molar-refractivity contribution < 1.29 is 18.4 Å². The molecule has 3 rings (SSSR count). The summed E-state index contributed by atoms with van der Waals surface area (Å²) in [5.41, 5.74) is 5.54. The molecule has 1 aromatic heterocycles. The molecule has 1 aliphatic rings. The number of primary amides is 1. The summed E-state index contributed by atoms with van der Waals surface area (Å²) in [5, 5.41) is 3.60. The predicted octanol–water partition coefficient (Wildman–Crippen LogP) is 3.33. The van der Waals surface area contributed by atoms with Gasteiger partial charge in [0, 0.05) is 28.9 Å². The Morgan fingerprint density at radius 3 is 2.69 bits per heavy atom. The van der Waals surface area contributed by atoms with Gasteiger partial charge in [0.1, 0.15) is 17.4 Å². The molecule has 140 valence electrons. The number of hydrogen-bond donors (Lipinski definition) is 2.